The van der Waals surface area contributed by atoms with Crippen LogP contribution in [-0.2, 0) is 24.0 Å². The third-order valence-electron chi connectivity index (χ3n) is 7.05. The Hall–Kier alpha value is -2.65. The number of carboxylic acid groups (broad SMARTS) is 3. The van der Waals surface area contributed by atoms with Crippen molar-refractivity contribution in [3.05, 3.63) is 0 Å². The van der Waals surface area contributed by atoms with Crippen LogP contribution in [0.4, 0.5) is 0 Å². The van der Waals surface area contributed by atoms with Gasteiger partial charge >= 0.3 is 17.9 Å². The zero-order chi connectivity index (χ0) is 29.8. The van der Waals surface area contributed by atoms with E-state index in [9.17, 15) is 29.1 Å². The maximum Gasteiger partial charge on any atom is 0.308 e. The van der Waals surface area contributed by atoms with Crippen LogP contribution in [0.3, 0.4) is 0 Å². The summed E-state index contributed by atoms with van der Waals surface area (Å²) in [6.45, 7) is 0.453. The number of unbranched alkanes of at least 4 members (excludes halogenated alkanes) is 15. The predicted molar refractivity (Wildman–Crippen MR) is 154 cm³/mol. The SMILES string of the molecule is O=C(O)CCCCCCCCCCCCCCCCC(=O)NC[C@@H](CCC(=O)NCCCCCC(=O)O)C(=O)O. The molecule has 0 aliphatic rings. The number of hydrogen-bond donors (Lipinski definition) is 5. The van der Waals surface area contributed by atoms with Gasteiger partial charge in [0.25, 0.3) is 0 Å². The molecule has 10 heteroatoms. The molecule has 1 atom stereocenters. The Morgan fingerprint density at radius 1 is 0.450 bits per heavy atom. The zero-order valence-electron chi connectivity index (χ0n) is 24.4. The van der Waals surface area contributed by atoms with Crippen molar-refractivity contribution >= 4 is 29.7 Å². The lowest BCUT2D eigenvalue weighted by atomic mass is 10.0. The van der Waals surface area contributed by atoms with Crippen LogP contribution < -0.4 is 10.6 Å². The topological polar surface area (TPSA) is 170 Å². The maximum atomic E-state index is 12.1. The Bertz CT molecular complexity index is 714. The minimum absolute atomic E-state index is 0.0152. The molecular formula is C30H54N2O8. The highest BCUT2D eigenvalue weighted by atomic mass is 16.4. The Kier molecular flexibility index (Phi) is 24.8. The summed E-state index contributed by atoms with van der Waals surface area (Å²) in [5.41, 5.74) is 0. The van der Waals surface area contributed by atoms with Crippen molar-refractivity contribution in [2.24, 2.45) is 5.92 Å². The van der Waals surface area contributed by atoms with Crippen LogP contribution in [-0.4, -0.2) is 58.1 Å². The van der Waals surface area contributed by atoms with Crippen LogP contribution in [0.1, 0.15) is 141 Å². The highest BCUT2D eigenvalue weighted by Crippen LogP contribution is 2.14. The third kappa shape index (κ3) is 26.9. The molecule has 0 aliphatic carbocycles. The second kappa shape index (κ2) is 26.6. The molecule has 0 aromatic heterocycles. The standard InChI is InChI=1S/C30H54N2O8/c33-26(18-14-11-9-7-5-3-1-2-4-6-8-10-12-15-19-28(35)36)32-24-25(30(39)40)21-22-27(34)31-23-17-13-16-20-29(37)38/h25H,1-24H2,(H,31,34)(H,32,33)(H,35,36)(H,37,38)(H,39,40)/t25-/m1/s1. The van der Waals surface area contributed by atoms with Crippen molar-refractivity contribution in [1.82, 2.24) is 10.6 Å². The van der Waals surface area contributed by atoms with E-state index in [1.54, 1.807) is 0 Å². The molecule has 0 heterocycles. The van der Waals surface area contributed by atoms with E-state index in [-0.39, 0.29) is 44.0 Å². The van der Waals surface area contributed by atoms with Gasteiger partial charge in [-0.05, 0) is 32.1 Å². The molecule has 0 saturated heterocycles. The minimum Gasteiger partial charge on any atom is -0.481 e. The van der Waals surface area contributed by atoms with Crippen LogP contribution in [0.2, 0.25) is 0 Å². The van der Waals surface area contributed by atoms with Crippen molar-refractivity contribution in [2.75, 3.05) is 13.1 Å². The number of rotatable bonds is 29. The van der Waals surface area contributed by atoms with Crippen molar-refractivity contribution in [3.8, 4) is 0 Å². The Morgan fingerprint density at radius 2 is 0.825 bits per heavy atom. The van der Waals surface area contributed by atoms with Gasteiger partial charge in [-0.25, -0.2) is 0 Å². The molecule has 0 radical (unpaired) electrons. The molecule has 0 aromatic carbocycles. The van der Waals surface area contributed by atoms with Gasteiger partial charge in [0.15, 0.2) is 0 Å². The molecule has 0 rings (SSSR count). The van der Waals surface area contributed by atoms with Gasteiger partial charge in [0.1, 0.15) is 0 Å². The summed E-state index contributed by atoms with van der Waals surface area (Å²) in [6, 6.07) is 0. The fourth-order valence-electron chi connectivity index (χ4n) is 4.52. The van der Waals surface area contributed by atoms with Gasteiger partial charge in [0.2, 0.25) is 11.8 Å². The van der Waals surface area contributed by atoms with Gasteiger partial charge in [0, 0.05) is 38.8 Å². The lowest BCUT2D eigenvalue weighted by molar-refractivity contribution is -0.142. The van der Waals surface area contributed by atoms with E-state index in [1.165, 1.54) is 44.9 Å². The first-order valence-electron chi connectivity index (χ1n) is 15.4. The maximum absolute atomic E-state index is 12.1. The summed E-state index contributed by atoms with van der Waals surface area (Å²) in [5, 5.41) is 32.0. The molecule has 2 amide bonds. The van der Waals surface area contributed by atoms with Crippen molar-refractivity contribution in [1.29, 1.82) is 0 Å². The second-order valence-electron chi connectivity index (χ2n) is 10.8. The molecule has 0 aliphatic heterocycles. The van der Waals surface area contributed by atoms with Crippen LogP contribution in [0.15, 0.2) is 0 Å². The number of carbonyl (C=O) groups excluding carboxylic acids is 2. The number of carboxylic acids is 3. The number of hydrogen-bond acceptors (Lipinski definition) is 5. The first-order valence-corrected chi connectivity index (χ1v) is 15.4. The van der Waals surface area contributed by atoms with E-state index in [2.05, 4.69) is 10.6 Å². The van der Waals surface area contributed by atoms with Gasteiger partial charge in [-0.3, -0.25) is 24.0 Å². The zero-order valence-corrected chi connectivity index (χ0v) is 24.4. The smallest absolute Gasteiger partial charge is 0.308 e. The van der Waals surface area contributed by atoms with Gasteiger partial charge < -0.3 is 26.0 Å². The van der Waals surface area contributed by atoms with Crippen LogP contribution in [0.5, 0.6) is 0 Å². The summed E-state index contributed by atoms with van der Waals surface area (Å²) in [6.07, 6.45) is 18.5. The second-order valence-corrected chi connectivity index (χ2v) is 10.8. The molecule has 0 saturated carbocycles. The number of nitrogens with one attached hydrogen (secondary N) is 2. The van der Waals surface area contributed by atoms with Crippen molar-refractivity contribution in [3.63, 3.8) is 0 Å². The van der Waals surface area contributed by atoms with Crippen LogP contribution in [0, 0.1) is 5.92 Å². The van der Waals surface area contributed by atoms with E-state index in [4.69, 9.17) is 10.2 Å². The van der Waals surface area contributed by atoms with Gasteiger partial charge in [-0.15, -0.1) is 0 Å². The Balaban J connectivity index is 3.63. The molecular weight excluding hydrogens is 516 g/mol. The normalized spacial score (nSPS) is 11.6. The summed E-state index contributed by atoms with van der Waals surface area (Å²) in [5.74, 6) is -3.77. The fourth-order valence-corrected chi connectivity index (χ4v) is 4.52. The number of carbonyl (C=O) groups is 5. The third-order valence-corrected chi connectivity index (χ3v) is 7.05. The predicted octanol–water partition coefficient (Wildman–Crippen LogP) is 5.67. The lowest BCUT2D eigenvalue weighted by Crippen LogP contribution is -2.34. The van der Waals surface area contributed by atoms with Crippen LogP contribution >= 0.6 is 0 Å². The van der Waals surface area contributed by atoms with E-state index < -0.39 is 23.8 Å². The average molecular weight is 571 g/mol. The van der Waals surface area contributed by atoms with E-state index in [0.29, 0.717) is 32.2 Å². The van der Waals surface area contributed by atoms with Gasteiger partial charge in [-0.1, -0.05) is 83.5 Å². The molecule has 0 bridgehead atoms. The molecule has 10 nitrogen and oxygen atoms in total. The van der Waals surface area contributed by atoms with Gasteiger partial charge in [0.05, 0.1) is 5.92 Å². The van der Waals surface area contributed by atoms with Crippen molar-refractivity contribution < 1.29 is 39.3 Å². The van der Waals surface area contributed by atoms with Gasteiger partial charge in [-0.2, -0.15) is 0 Å². The molecule has 0 spiro atoms. The van der Waals surface area contributed by atoms with E-state index >= 15 is 0 Å². The first kappa shape index (κ1) is 37.4. The highest BCUT2D eigenvalue weighted by Gasteiger charge is 2.19. The molecule has 0 unspecified atom stereocenters. The van der Waals surface area contributed by atoms with E-state index in [1.807, 2.05) is 0 Å². The first-order chi connectivity index (χ1) is 19.2. The number of amides is 2. The van der Waals surface area contributed by atoms with Crippen molar-refractivity contribution in [2.45, 2.75) is 141 Å². The molecule has 40 heavy (non-hydrogen) atoms. The lowest BCUT2D eigenvalue weighted by Gasteiger charge is -2.13. The molecule has 232 valence electrons. The summed E-state index contributed by atoms with van der Waals surface area (Å²) in [7, 11) is 0. The minimum atomic E-state index is -1.03. The van der Waals surface area contributed by atoms with Crippen LogP contribution in [0.25, 0.3) is 0 Å². The molecule has 0 aromatic rings. The Morgan fingerprint density at radius 3 is 1.25 bits per heavy atom. The van der Waals surface area contributed by atoms with E-state index in [0.717, 1.165) is 44.9 Å². The molecule has 0 fully saturated rings. The Labute approximate surface area is 240 Å². The number of aliphatic carboxylic acids is 3. The highest BCUT2D eigenvalue weighted by molar-refractivity contribution is 5.78. The molecule has 5 N–H and O–H groups in total. The summed E-state index contributed by atoms with van der Waals surface area (Å²) < 4.78 is 0. The summed E-state index contributed by atoms with van der Waals surface area (Å²) in [4.78, 5) is 56.4. The monoisotopic (exact) mass is 570 g/mol. The fraction of sp³-hybridized carbons (Fsp3) is 0.833. The average Bonchev–Trinajstić information content (AvgIpc) is 2.89. The summed E-state index contributed by atoms with van der Waals surface area (Å²) >= 11 is 0. The quantitative estimate of drug-likeness (QED) is 0.0716. The largest absolute Gasteiger partial charge is 0.481 e.